The molecule has 1 saturated heterocycles. The fourth-order valence-electron chi connectivity index (χ4n) is 0.622. The summed E-state index contributed by atoms with van der Waals surface area (Å²) >= 11 is 0. The molecule has 0 aromatic heterocycles. The molecule has 0 radical (unpaired) electrons. The van der Waals surface area contributed by atoms with Gasteiger partial charge in [-0.25, -0.2) is 9.59 Å². The quantitative estimate of drug-likeness (QED) is 0.513. The Morgan fingerprint density at radius 1 is 1.56 bits per heavy atom. The fraction of sp³-hybridized carbons (Fsp3) is 0.444. The number of hydrogen-bond acceptors (Lipinski definition) is 5. The maximum Gasteiger partial charge on any atom is 0.508 e. The molecule has 1 aliphatic rings. The summed E-state index contributed by atoms with van der Waals surface area (Å²) in [6.45, 7) is 6.85. The number of cyclic esters (lactones) is 2. The third-order valence-electron chi connectivity index (χ3n) is 1.34. The van der Waals surface area contributed by atoms with Gasteiger partial charge in [-0.3, -0.25) is 10.1 Å². The molecular formula is C9H13NO6. The molecule has 7 nitrogen and oxygen atoms in total. The number of hydrogen-bond donors (Lipinski definition) is 2. The normalized spacial score (nSPS) is 17.4. The van der Waals surface area contributed by atoms with Crippen LogP contribution in [0.2, 0.25) is 0 Å². The maximum atomic E-state index is 10.4. The lowest BCUT2D eigenvalue weighted by molar-refractivity contribution is -0.116. The van der Waals surface area contributed by atoms with E-state index in [1.807, 2.05) is 0 Å². The highest BCUT2D eigenvalue weighted by molar-refractivity contribution is 6.00. The topological polar surface area (TPSA) is 102 Å². The summed E-state index contributed by atoms with van der Waals surface area (Å²) in [5.74, 6) is -0.664. The first kappa shape index (κ1) is 13.9. The highest BCUT2D eigenvalue weighted by Crippen LogP contribution is 2.02. The number of carbonyl (C=O) groups excluding carboxylic acids is 2. The van der Waals surface area contributed by atoms with Gasteiger partial charge in [0.05, 0.1) is 0 Å². The maximum absolute atomic E-state index is 10.4. The first-order valence-corrected chi connectivity index (χ1v) is 4.36. The molecule has 0 aromatic rings. The lowest BCUT2D eigenvalue weighted by Gasteiger charge is -1.94. The minimum absolute atomic E-state index is 0.0486. The van der Waals surface area contributed by atoms with Crippen LogP contribution in [0.4, 0.5) is 9.59 Å². The van der Waals surface area contributed by atoms with Crippen molar-refractivity contribution < 1.29 is 29.0 Å². The van der Waals surface area contributed by atoms with Gasteiger partial charge in [-0.05, 0) is 13.8 Å². The van der Waals surface area contributed by atoms with E-state index < -0.39 is 18.2 Å². The zero-order chi connectivity index (χ0) is 12.7. The summed E-state index contributed by atoms with van der Waals surface area (Å²) < 4.78 is 8.90. The summed E-state index contributed by atoms with van der Waals surface area (Å²) in [5, 5.41) is 9.58. The predicted octanol–water partition coefficient (Wildman–Crippen LogP) is 0.898. The summed E-state index contributed by atoms with van der Waals surface area (Å²) in [7, 11) is 0. The van der Waals surface area contributed by atoms with Crippen molar-refractivity contribution in [2.75, 3.05) is 6.61 Å². The number of imide groups is 1. The van der Waals surface area contributed by atoms with Gasteiger partial charge in [-0.15, -0.1) is 0 Å². The Labute approximate surface area is 92.0 Å². The molecule has 1 fully saturated rings. The molecule has 1 unspecified atom stereocenters. The van der Waals surface area contributed by atoms with Crippen molar-refractivity contribution in [1.82, 2.24) is 5.32 Å². The second-order valence-corrected chi connectivity index (χ2v) is 3.03. The monoisotopic (exact) mass is 231 g/mol. The van der Waals surface area contributed by atoms with Crippen LogP contribution in [0.1, 0.15) is 13.8 Å². The van der Waals surface area contributed by atoms with E-state index >= 15 is 0 Å². The van der Waals surface area contributed by atoms with E-state index in [2.05, 4.69) is 16.1 Å². The molecule has 2 N–H and O–H groups in total. The molecule has 2 amide bonds. The van der Waals surface area contributed by atoms with Crippen molar-refractivity contribution in [2.24, 2.45) is 0 Å². The van der Waals surface area contributed by atoms with Crippen molar-refractivity contribution in [3.8, 4) is 0 Å². The first-order valence-electron chi connectivity index (χ1n) is 4.36. The SMILES string of the molecule is C=C(C)C(=O)NC(=O)O.CC1COC(=O)O1. The molecule has 7 heteroatoms. The summed E-state index contributed by atoms with van der Waals surface area (Å²) in [4.78, 5) is 30.1. The van der Waals surface area contributed by atoms with Crippen molar-refractivity contribution in [1.29, 1.82) is 0 Å². The van der Waals surface area contributed by atoms with E-state index in [9.17, 15) is 14.4 Å². The van der Waals surface area contributed by atoms with Crippen LogP contribution in [0, 0.1) is 0 Å². The van der Waals surface area contributed by atoms with Crippen molar-refractivity contribution in [2.45, 2.75) is 20.0 Å². The van der Waals surface area contributed by atoms with Gasteiger partial charge in [0.15, 0.2) is 0 Å². The molecule has 16 heavy (non-hydrogen) atoms. The average Bonchev–Trinajstić information content (AvgIpc) is 2.49. The number of carbonyl (C=O) groups is 3. The number of rotatable bonds is 1. The highest BCUT2D eigenvalue weighted by Gasteiger charge is 2.19. The van der Waals surface area contributed by atoms with Crippen LogP contribution in [0.25, 0.3) is 0 Å². The molecule has 0 bridgehead atoms. The Morgan fingerprint density at radius 2 is 2.12 bits per heavy atom. The van der Waals surface area contributed by atoms with E-state index in [-0.39, 0.29) is 11.7 Å². The number of amides is 2. The molecular weight excluding hydrogens is 218 g/mol. The van der Waals surface area contributed by atoms with Gasteiger partial charge in [0.1, 0.15) is 12.7 Å². The van der Waals surface area contributed by atoms with E-state index in [1.54, 1.807) is 12.2 Å². The zero-order valence-corrected chi connectivity index (χ0v) is 8.98. The third-order valence-corrected chi connectivity index (χ3v) is 1.34. The van der Waals surface area contributed by atoms with Gasteiger partial charge < -0.3 is 14.6 Å². The van der Waals surface area contributed by atoms with Crippen LogP contribution in [0.5, 0.6) is 0 Å². The lowest BCUT2D eigenvalue weighted by atomic mass is 10.3. The molecule has 1 heterocycles. The number of nitrogens with one attached hydrogen (secondary N) is 1. The molecule has 1 atom stereocenters. The third kappa shape index (κ3) is 6.41. The van der Waals surface area contributed by atoms with Crippen LogP contribution < -0.4 is 5.32 Å². The second-order valence-electron chi connectivity index (χ2n) is 3.03. The Kier molecular flexibility index (Phi) is 5.61. The van der Waals surface area contributed by atoms with Crippen molar-refractivity contribution >= 4 is 18.2 Å². The minimum atomic E-state index is -1.36. The van der Waals surface area contributed by atoms with Gasteiger partial charge in [0.25, 0.3) is 5.91 Å². The van der Waals surface area contributed by atoms with E-state index in [4.69, 9.17) is 5.11 Å². The zero-order valence-electron chi connectivity index (χ0n) is 8.98. The minimum Gasteiger partial charge on any atom is -0.465 e. The van der Waals surface area contributed by atoms with Crippen LogP contribution in [0.3, 0.4) is 0 Å². The Balaban J connectivity index is 0.000000288. The number of ether oxygens (including phenoxy) is 2. The van der Waals surface area contributed by atoms with Gasteiger partial charge >= 0.3 is 12.2 Å². The summed E-state index contributed by atoms with van der Waals surface area (Å²) in [6.07, 6.45) is -1.96. The molecule has 0 saturated carbocycles. The van der Waals surface area contributed by atoms with Crippen LogP contribution >= 0.6 is 0 Å². The van der Waals surface area contributed by atoms with Crippen LogP contribution in [0.15, 0.2) is 12.2 Å². The van der Waals surface area contributed by atoms with Gasteiger partial charge in [-0.2, -0.15) is 0 Å². The fourth-order valence-corrected chi connectivity index (χ4v) is 0.622. The van der Waals surface area contributed by atoms with Crippen molar-refractivity contribution in [3.05, 3.63) is 12.2 Å². The van der Waals surface area contributed by atoms with Gasteiger partial charge in [-0.1, -0.05) is 6.58 Å². The highest BCUT2D eigenvalue weighted by atomic mass is 16.8. The Morgan fingerprint density at radius 3 is 2.25 bits per heavy atom. The predicted molar refractivity (Wildman–Crippen MR) is 52.9 cm³/mol. The molecule has 1 rings (SSSR count). The Bertz CT molecular complexity index is 311. The van der Waals surface area contributed by atoms with E-state index in [0.717, 1.165) is 0 Å². The molecule has 0 spiro atoms. The van der Waals surface area contributed by atoms with Crippen LogP contribution in [-0.2, 0) is 14.3 Å². The summed E-state index contributed by atoms with van der Waals surface area (Å²) in [6, 6.07) is 0. The van der Waals surface area contributed by atoms with Gasteiger partial charge in [0, 0.05) is 5.57 Å². The van der Waals surface area contributed by atoms with Crippen molar-refractivity contribution in [3.63, 3.8) is 0 Å². The molecule has 90 valence electrons. The van der Waals surface area contributed by atoms with Crippen LogP contribution in [-0.4, -0.2) is 36.0 Å². The lowest BCUT2D eigenvalue weighted by Crippen LogP contribution is -2.28. The first-order chi connectivity index (χ1) is 7.32. The summed E-state index contributed by atoms with van der Waals surface area (Å²) in [5.41, 5.74) is 0.178. The Hall–Kier alpha value is -2.05. The second kappa shape index (κ2) is 6.44. The van der Waals surface area contributed by atoms with E-state index in [0.29, 0.717) is 6.61 Å². The molecule has 0 aliphatic carbocycles. The average molecular weight is 231 g/mol. The largest absolute Gasteiger partial charge is 0.508 e. The smallest absolute Gasteiger partial charge is 0.465 e. The van der Waals surface area contributed by atoms with Gasteiger partial charge in [0.2, 0.25) is 0 Å². The molecule has 0 aromatic carbocycles. The number of carboxylic acid groups (broad SMARTS) is 1. The molecule has 1 aliphatic heterocycles. The van der Waals surface area contributed by atoms with E-state index in [1.165, 1.54) is 6.92 Å². The standard InChI is InChI=1S/C5H7NO3.C4H6O3/c1-3(2)4(7)6-5(8)9;1-3-2-6-4(5)7-3/h1H2,2H3,(H,6,7)(H,8,9);3H,2H2,1H3.